The van der Waals surface area contributed by atoms with E-state index in [0.717, 1.165) is 28.0 Å². The van der Waals surface area contributed by atoms with Crippen LogP contribution in [0, 0.1) is 11.8 Å². The van der Waals surface area contributed by atoms with Crippen molar-refractivity contribution in [3.05, 3.63) is 76.9 Å². The van der Waals surface area contributed by atoms with Crippen LogP contribution in [0.2, 0.25) is 0 Å². The second-order valence-corrected chi connectivity index (χ2v) is 7.63. The maximum atomic E-state index is 13.2. The summed E-state index contributed by atoms with van der Waals surface area (Å²) in [5, 5.41) is 14.8. The van der Waals surface area contributed by atoms with Crippen LogP contribution in [-0.4, -0.2) is 19.0 Å². The predicted octanol–water partition coefficient (Wildman–Crippen LogP) is 3.01. The zero-order valence-electron chi connectivity index (χ0n) is 17.0. The fraction of sp³-hybridized carbons (Fsp3) is 0.333. The quantitative estimate of drug-likeness (QED) is 0.767. The number of allylic oxidation sites excluding steroid dienone is 2. The number of methoxy groups -OCH3 is 1. The number of ether oxygens (including phenoxy) is 1. The standard InChI is InChI=1S/C24H27NO4/c1-15-13-20(21(24(27)28)14-16(15)2)23(26)25-22(17-7-5-4-6-8-17)18-9-11-19(29-3)12-10-18/h4-12,20-22H,13-14H2,1-3H3,(H,25,26)(H,27,28)/p-1/t20-,21-,22-/m0/s1. The zero-order valence-corrected chi connectivity index (χ0v) is 17.0. The van der Waals surface area contributed by atoms with Gasteiger partial charge in [-0.2, -0.15) is 0 Å². The molecule has 152 valence electrons. The number of aliphatic carboxylic acids is 1. The van der Waals surface area contributed by atoms with Crippen LogP contribution in [0.15, 0.2) is 65.7 Å². The molecule has 0 aromatic heterocycles. The summed E-state index contributed by atoms with van der Waals surface area (Å²) in [5.41, 5.74) is 3.92. The maximum absolute atomic E-state index is 13.2. The highest BCUT2D eigenvalue weighted by Crippen LogP contribution is 2.35. The SMILES string of the molecule is COc1ccc([C@@H](NC(=O)[C@H]2CC(C)=C(C)C[C@@H]2C(=O)[O-])c2ccccc2)cc1. The number of carboxylic acid groups (broad SMARTS) is 1. The van der Waals surface area contributed by atoms with Gasteiger partial charge in [0.05, 0.1) is 13.2 Å². The van der Waals surface area contributed by atoms with Gasteiger partial charge in [0.1, 0.15) is 5.75 Å². The molecule has 5 heteroatoms. The Morgan fingerprint density at radius 3 is 2.03 bits per heavy atom. The van der Waals surface area contributed by atoms with E-state index < -0.39 is 17.8 Å². The minimum absolute atomic E-state index is 0.268. The summed E-state index contributed by atoms with van der Waals surface area (Å²) in [4.78, 5) is 24.9. The monoisotopic (exact) mass is 392 g/mol. The van der Waals surface area contributed by atoms with Crippen LogP contribution in [0.1, 0.15) is 43.9 Å². The van der Waals surface area contributed by atoms with Gasteiger partial charge >= 0.3 is 0 Å². The summed E-state index contributed by atoms with van der Waals surface area (Å²) in [6, 6.07) is 16.8. The third kappa shape index (κ3) is 4.67. The van der Waals surface area contributed by atoms with E-state index in [1.54, 1.807) is 7.11 Å². The van der Waals surface area contributed by atoms with Crippen molar-refractivity contribution in [2.75, 3.05) is 7.11 Å². The zero-order chi connectivity index (χ0) is 21.0. The average molecular weight is 392 g/mol. The summed E-state index contributed by atoms with van der Waals surface area (Å²) in [5.74, 6) is -2.17. The summed E-state index contributed by atoms with van der Waals surface area (Å²) < 4.78 is 5.23. The van der Waals surface area contributed by atoms with Crippen molar-refractivity contribution >= 4 is 11.9 Å². The fourth-order valence-electron chi connectivity index (χ4n) is 3.87. The largest absolute Gasteiger partial charge is 0.550 e. The fourth-order valence-corrected chi connectivity index (χ4v) is 3.87. The van der Waals surface area contributed by atoms with E-state index in [4.69, 9.17) is 4.74 Å². The Labute approximate surface area is 171 Å². The van der Waals surface area contributed by atoms with Crippen LogP contribution >= 0.6 is 0 Å². The molecule has 3 rings (SSSR count). The first kappa shape index (κ1) is 20.6. The van der Waals surface area contributed by atoms with E-state index in [-0.39, 0.29) is 11.9 Å². The predicted molar refractivity (Wildman–Crippen MR) is 109 cm³/mol. The average Bonchev–Trinajstić information content (AvgIpc) is 2.74. The van der Waals surface area contributed by atoms with Gasteiger partial charge in [0, 0.05) is 17.8 Å². The number of amides is 1. The van der Waals surface area contributed by atoms with Crippen molar-refractivity contribution in [2.45, 2.75) is 32.7 Å². The summed E-state index contributed by atoms with van der Waals surface area (Å²) >= 11 is 0. The molecule has 2 aromatic rings. The van der Waals surface area contributed by atoms with Gasteiger partial charge in [-0.3, -0.25) is 4.79 Å². The molecule has 0 heterocycles. The molecule has 0 radical (unpaired) electrons. The third-order valence-corrected chi connectivity index (χ3v) is 5.77. The molecular formula is C24H26NO4-. The smallest absolute Gasteiger partial charge is 0.224 e. The lowest BCUT2D eigenvalue weighted by molar-refractivity contribution is -0.313. The molecule has 2 aromatic carbocycles. The molecule has 29 heavy (non-hydrogen) atoms. The van der Waals surface area contributed by atoms with Crippen molar-refractivity contribution < 1.29 is 19.4 Å². The van der Waals surface area contributed by atoms with Gasteiger partial charge in [-0.15, -0.1) is 0 Å². The Hall–Kier alpha value is -3.08. The van der Waals surface area contributed by atoms with Crippen molar-refractivity contribution in [1.29, 1.82) is 0 Å². The van der Waals surface area contributed by atoms with E-state index in [9.17, 15) is 14.7 Å². The molecule has 0 bridgehead atoms. The first-order chi connectivity index (χ1) is 13.9. The van der Waals surface area contributed by atoms with Gasteiger partial charge in [0.2, 0.25) is 5.91 Å². The Morgan fingerprint density at radius 1 is 0.931 bits per heavy atom. The maximum Gasteiger partial charge on any atom is 0.224 e. The van der Waals surface area contributed by atoms with E-state index in [0.29, 0.717) is 12.8 Å². The van der Waals surface area contributed by atoms with Gasteiger partial charge in [-0.25, -0.2) is 0 Å². The lowest BCUT2D eigenvalue weighted by Gasteiger charge is -2.34. The molecule has 0 spiro atoms. The molecule has 5 nitrogen and oxygen atoms in total. The van der Waals surface area contributed by atoms with Gasteiger partial charge in [-0.05, 0) is 49.9 Å². The van der Waals surface area contributed by atoms with Crippen molar-refractivity contribution in [2.24, 2.45) is 11.8 Å². The van der Waals surface area contributed by atoms with E-state index in [1.807, 2.05) is 68.4 Å². The number of carbonyl (C=O) groups excluding carboxylic acids is 2. The van der Waals surface area contributed by atoms with Gasteiger partial charge in [0.25, 0.3) is 0 Å². The van der Waals surface area contributed by atoms with Crippen molar-refractivity contribution in [3.63, 3.8) is 0 Å². The normalized spacial score (nSPS) is 20.1. The molecule has 0 aliphatic heterocycles. The van der Waals surface area contributed by atoms with Crippen LogP contribution in [0.3, 0.4) is 0 Å². The Morgan fingerprint density at radius 2 is 1.48 bits per heavy atom. The highest BCUT2D eigenvalue weighted by Gasteiger charge is 2.34. The van der Waals surface area contributed by atoms with Crippen LogP contribution in [0.4, 0.5) is 0 Å². The number of benzene rings is 2. The van der Waals surface area contributed by atoms with Gasteiger partial charge in [0.15, 0.2) is 0 Å². The van der Waals surface area contributed by atoms with E-state index >= 15 is 0 Å². The molecule has 0 fully saturated rings. The molecule has 0 saturated heterocycles. The summed E-state index contributed by atoms with van der Waals surface area (Å²) in [6.07, 6.45) is 0.783. The lowest BCUT2D eigenvalue weighted by atomic mass is 9.76. The summed E-state index contributed by atoms with van der Waals surface area (Å²) in [6.45, 7) is 3.88. The van der Waals surface area contributed by atoms with Crippen LogP contribution in [0.5, 0.6) is 5.75 Å². The third-order valence-electron chi connectivity index (χ3n) is 5.77. The number of hydrogen-bond donors (Lipinski definition) is 1. The van der Waals surface area contributed by atoms with Gasteiger partial charge < -0.3 is 20.0 Å². The molecule has 1 aliphatic rings. The molecule has 3 atom stereocenters. The highest BCUT2D eigenvalue weighted by molar-refractivity contribution is 5.85. The van der Waals surface area contributed by atoms with E-state index in [1.165, 1.54) is 0 Å². The van der Waals surface area contributed by atoms with Crippen molar-refractivity contribution in [3.8, 4) is 5.75 Å². The van der Waals surface area contributed by atoms with Gasteiger partial charge in [-0.1, -0.05) is 53.6 Å². The summed E-state index contributed by atoms with van der Waals surface area (Å²) in [7, 11) is 1.60. The lowest BCUT2D eigenvalue weighted by Crippen LogP contribution is -2.45. The Bertz CT molecular complexity index is 902. The second-order valence-electron chi connectivity index (χ2n) is 7.63. The number of hydrogen-bond acceptors (Lipinski definition) is 4. The number of carbonyl (C=O) groups is 2. The van der Waals surface area contributed by atoms with Crippen molar-refractivity contribution in [1.82, 2.24) is 5.32 Å². The molecule has 1 aliphatic carbocycles. The molecule has 0 unspecified atom stereocenters. The minimum atomic E-state index is -1.17. The first-order valence-electron chi connectivity index (χ1n) is 9.76. The topological polar surface area (TPSA) is 78.5 Å². The Kier molecular flexibility index (Phi) is 6.37. The Balaban J connectivity index is 1.90. The molecule has 1 amide bonds. The molecule has 0 saturated carbocycles. The molecular weight excluding hydrogens is 366 g/mol. The first-order valence-corrected chi connectivity index (χ1v) is 9.76. The highest BCUT2D eigenvalue weighted by atomic mass is 16.5. The van der Waals surface area contributed by atoms with E-state index in [2.05, 4.69) is 5.32 Å². The van der Waals surface area contributed by atoms with Crippen LogP contribution in [0.25, 0.3) is 0 Å². The number of nitrogens with one attached hydrogen (secondary N) is 1. The van der Waals surface area contributed by atoms with Crippen LogP contribution < -0.4 is 15.2 Å². The van der Waals surface area contributed by atoms with Crippen LogP contribution in [-0.2, 0) is 9.59 Å². The second kappa shape index (κ2) is 8.95. The number of carboxylic acids is 1. The number of rotatable bonds is 6. The molecule has 1 N–H and O–H groups in total. The minimum Gasteiger partial charge on any atom is -0.550 e.